The van der Waals surface area contributed by atoms with E-state index in [-0.39, 0.29) is 17.9 Å². The van der Waals surface area contributed by atoms with Gasteiger partial charge in [-0.2, -0.15) is 5.10 Å². The van der Waals surface area contributed by atoms with Crippen molar-refractivity contribution < 1.29 is 9.53 Å². The van der Waals surface area contributed by atoms with E-state index in [0.29, 0.717) is 10.8 Å². The van der Waals surface area contributed by atoms with Crippen LogP contribution in [-0.4, -0.2) is 28.8 Å². The molecule has 0 aromatic carbocycles. The number of H-pyrrole nitrogens is 1. The third-order valence-electron chi connectivity index (χ3n) is 3.29. The SMILES string of the molecule is CCC1OCCCC1C(=O)Nc1n[nH]c(C)c1Cl. The molecule has 0 radical (unpaired) electrons. The molecule has 1 saturated heterocycles. The maximum atomic E-state index is 12.2. The molecule has 5 nitrogen and oxygen atoms in total. The molecule has 2 atom stereocenters. The van der Waals surface area contributed by atoms with E-state index in [4.69, 9.17) is 16.3 Å². The molecular weight excluding hydrogens is 254 g/mol. The van der Waals surface area contributed by atoms with Crippen molar-refractivity contribution in [3.05, 3.63) is 10.7 Å². The van der Waals surface area contributed by atoms with Gasteiger partial charge >= 0.3 is 0 Å². The van der Waals surface area contributed by atoms with E-state index in [1.807, 2.05) is 13.8 Å². The molecule has 2 N–H and O–H groups in total. The number of hydrogen-bond donors (Lipinski definition) is 2. The van der Waals surface area contributed by atoms with Gasteiger partial charge in [0.1, 0.15) is 5.02 Å². The second-order valence-electron chi connectivity index (χ2n) is 4.57. The van der Waals surface area contributed by atoms with Gasteiger partial charge in [0, 0.05) is 6.61 Å². The molecule has 18 heavy (non-hydrogen) atoms. The number of halogens is 1. The minimum atomic E-state index is -0.114. The van der Waals surface area contributed by atoms with E-state index in [1.54, 1.807) is 0 Å². The van der Waals surface area contributed by atoms with Crippen molar-refractivity contribution in [2.45, 2.75) is 39.2 Å². The summed E-state index contributed by atoms with van der Waals surface area (Å²) in [5.41, 5.74) is 0.749. The lowest BCUT2D eigenvalue weighted by molar-refractivity contribution is -0.129. The van der Waals surface area contributed by atoms with Crippen LogP contribution in [0, 0.1) is 12.8 Å². The van der Waals surface area contributed by atoms with Crippen molar-refractivity contribution >= 4 is 23.3 Å². The third-order valence-corrected chi connectivity index (χ3v) is 3.76. The molecular formula is C12H18ClN3O2. The highest BCUT2D eigenvalue weighted by molar-refractivity contribution is 6.34. The van der Waals surface area contributed by atoms with Gasteiger partial charge in [0.15, 0.2) is 5.82 Å². The molecule has 1 aliphatic heterocycles. The number of nitrogens with one attached hydrogen (secondary N) is 2. The van der Waals surface area contributed by atoms with Gasteiger partial charge in [-0.25, -0.2) is 0 Å². The zero-order valence-corrected chi connectivity index (χ0v) is 11.4. The van der Waals surface area contributed by atoms with E-state index in [9.17, 15) is 4.79 Å². The molecule has 0 spiro atoms. The van der Waals surface area contributed by atoms with Crippen molar-refractivity contribution in [1.82, 2.24) is 10.2 Å². The van der Waals surface area contributed by atoms with Gasteiger partial charge in [-0.3, -0.25) is 9.89 Å². The van der Waals surface area contributed by atoms with Crippen LogP contribution in [-0.2, 0) is 9.53 Å². The van der Waals surface area contributed by atoms with Crippen LogP contribution in [0.1, 0.15) is 31.9 Å². The molecule has 2 heterocycles. The van der Waals surface area contributed by atoms with E-state index < -0.39 is 0 Å². The van der Waals surface area contributed by atoms with Crippen molar-refractivity contribution in [3.63, 3.8) is 0 Å². The fourth-order valence-corrected chi connectivity index (χ4v) is 2.38. The Bertz CT molecular complexity index is 433. The number of amides is 1. The fourth-order valence-electron chi connectivity index (χ4n) is 2.25. The van der Waals surface area contributed by atoms with Gasteiger partial charge in [0.05, 0.1) is 17.7 Å². The van der Waals surface area contributed by atoms with Crippen LogP contribution in [0.5, 0.6) is 0 Å². The second kappa shape index (κ2) is 5.71. The number of hydrogen-bond acceptors (Lipinski definition) is 3. The predicted molar refractivity (Wildman–Crippen MR) is 69.7 cm³/mol. The van der Waals surface area contributed by atoms with E-state index in [0.717, 1.165) is 31.6 Å². The summed E-state index contributed by atoms with van der Waals surface area (Å²) in [5.74, 6) is 0.228. The number of aromatic nitrogens is 2. The topological polar surface area (TPSA) is 67.0 Å². The molecule has 100 valence electrons. The summed E-state index contributed by atoms with van der Waals surface area (Å²) in [5, 5.41) is 9.95. The molecule has 1 aromatic rings. The summed E-state index contributed by atoms with van der Waals surface area (Å²) in [4.78, 5) is 12.2. The van der Waals surface area contributed by atoms with Gasteiger partial charge in [-0.1, -0.05) is 18.5 Å². The molecule has 2 unspecified atom stereocenters. The van der Waals surface area contributed by atoms with Gasteiger partial charge in [-0.05, 0) is 26.2 Å². The summed E-state index contributed by atoms with van der Waals surface area (Å²) in [7, 11) is 0. The Hall–Kier alpha value is -1.07. The minimum absolute atomic E-state index is 0.00226. The van der Waals surface area contributed by atoms with Gasteiger partial charge < -0.3 is 10.1 Å². The lowest BCUT2D eigenvalue weighted by Crippen LogP contribution is -2.37. The van der Waals surface area contributed by atoms with E-state index in [1.165, 1.54) is 0 Å². The number of carbonyl (C=O) groups is 1. The fraction of sp³-hybridized carbons (Fsp3) is 0.667. The summed E-state index contributed by atoms with van der Waals surface area (Å²) in [6.45, 7) is 4.58. The van der Waals surface area contributed by atoms with Crippen LogP contribution in [0.4, 0.5) is 5.82 Å². The molecule has 0 aliphatic carbocycles. The molecule has 1 aliphatic rings. The van der Waals surface area contributed by atoms with E-state index in [2.05, 4.69) is 15.5 Å². The predicted octanol–water partition coefficient (Wildman–Crippen LogP) is 2.52. The molecule has 6 heteroatoms. The van der Waals surface area contributed by atoms with Crippen LogP contribution in [0.15, 0.2) is 0 Å². The van der Waals surface area contributed by atoms with Crippen molar-refractivity contribution in [1.29, 1.82) is 0 Å². The highest BCUT2D eigenvalue weighted by atomic mass is 35.5. The monoisotopic (exact) mass is 271 g/mol. The normalized spacial score (nSPS) is 23.9. The van der Waals surface area contributed by atoms with E-state index >= 15 is 0 Å². The van der Waals surface area contributed by atoms with Crippen LogP contribution >= 0.6 is 11.6 Å². The number of anilines is 1. The first-order chi connectivity index (χ1) is 8.63. The number of ether oxygens (including phenoxy) is 1. The minimum Gasteiger partial charge on any atom is -0.377 e. The molecule has 0 saturated carbocycles. The first-order valence-electron chi connectivity index (χ1n) is 6.26. The molecule has 1 aromatic heterocycles. The summed E-state index contributed by atoms with van der Waals surface area (Å²) < 4.78 is 5.61. The summed E-state index contributed by atoms with van der Waals surface area (Å²) >= 11 is 6.02. The highest BCUT2D eigenvalue weighted by Crippen LogP contribution is 2.27. The number of rotatable bonds is 3. The quantitative estimate of drug-likeness (QED) is 0.888. The summed E-state index contributed by atoms with van der Waals surface area (Å²) in [6.07, 6.45) is 2.61. The Kier molecular flexibility index (Phi) is 4.24. The largest absolute Gasteiger partial charge is 0.377 e. The van der Waals surface area contributed by atoms with Crippen LogP contribution in [0.2, 0.25) is 5.02 Å². The lowest BCUT2D eigenvalue weighted by Gasteiger charge is -2.29. The Morgan fingerprint density at radius 2 is 2.44 bits per heavy atom. The smallest absolute Gasteiger partial charge is 0.231 e. The molecule has 1 fully saturated rings. The Labute approximate surface area is 111 Å². The molecule has 2 rings (SSSR count). The van der Waals surface area contributed by atoms with Crippen molar-refractivity contribution in [2.24, 2.45) is 5.92 Å². The number of nitrogens with zero attached hydrogens (tertiary/aromatic N) is 1. The van der Waals surface area contributed by atoms with Crippen LogP contribution in [0.3, 0.4) is 0 Å². The number of aryl methyl sites for hydroxylation is 1. The highest BCUT2D eigenvalue weighted by Gasteiger charge is 2.31. The average molecular weight is 272 g/mol. The summed E-state index contributed by atoms with van der Waals surface area (Å²) in [6, 6.07) is 0. The Balaban J connectivity index is 2.04. The van der Waals surface area contributed by atoms with Crippen LogP contribution < -0.4 is 5.32 Å². The van der Waals surface area contributed by atoms with Gasteiger partial charge in [-0.15, -0.1) is 0 Å². The molecule has 0 bridgehead atoms. The standard InChI is InChI=1S/C12H18ClN3O2/c1-3-9-8(5-4-6-18-9)12(17)14-11-10(13)7(2)15-16-11/h8-9H,3-6H2,1-2H3,(H2,14,15,16,17). The first-order valence-corrected chi connectivity index (χ1v) is 6.64. The van der Waals surface area contributed by atoms with Crippen molar-refractivity contribution in [3.8, 4) is 0 Å². The zero-order chi connectivity index (χ0) is 13.1. The molecule has 1 amide bonds. The van der Waals surface area contributed by atoms with Gasteiger partial charge in [0.25, 0.3) is 0 Å². The second-order valence-corrected chi connectivity index (χ2v) is 4.94. The lowest BCUT2D eigenvalue weighted by atomic mass is 9.92. The number of carbonyl (C=O) groups excluding carboxylic acids is 1. The number of aromatic amines is 1. The van der Waals surface area contributed by atoms with Gasteiger partial charge in [0.2, 0.25) is 5.91 Å². The first kappa shape index (κ1) is 13.4. The maximum Gasteiger partial charge on any atom is 0.231 e. The Morgan fingerprint density at radius 3 is 3.06 bits per heavy atom. The third kappa shape index (κ3) is 2.67. The average Bonchev–Trinajstić information content (AvgIpc) is 2.70. The maximum absolute atomic E-state index is 12.2. The van der Waals surface area contributed by atoms with Crippen LogP contribution in [0.25, 0.3) is 0 Å². The Morgan fingerprint density at radius 1 is 1.67 bits per heavy atom. The van der Waals surface area contributed by atoms with Crippen molar-refractivity contribution in [2.75, 3.05) is 11.9 Å². The zero-order valence-electron chi connectivity index (χ0n) is 10.6.